The predicted molar refractivity (Wildman–Crippen MR) is 148 cm³/mol. The second kappa shape index (κ2) is 9.54. The number of fused-ring (bicyclic) bond motifs is 3. The van der Waals surface area contributed by atoms with E-state index in [9.17, 15) is 14.4 Å². The number of hydrogen-bond acceptors (Lipinski definition) is 6. The van der Waals surface area contributed by atoms with Crippen LogP contribution in [0.25, 0.3) is 22.2 Å². The summed E-state index contributed by atoms with van der Waals surface area (Å²) in [6.07, 6.45) is 0. The zero-order valence-electron chi connectivity index (χ0n) is 21.1. The van der Waals surface area contributed by atoms with Crippen LogP contribution in [-0.4, -0.2) is 36.7 Å². The van der Waals surface area contributed by atoms with Gasteiger partial charge < -0.3 is 14.8 Å². The Morgan fingerprint density at radius 3 is 2.21 bits per heavy atom. The Bertz CT molecular complexity index is 1830. The molecule has 0 atom stereocenters. The summed E-state index contributed by atoms with van der Waals surface area (Å²) in [6.45, 7) is 0. The summed E-state index contributed by atoms with van der Waals surface area (Å²) in [4.78, 5) is 45.2. The van der Waals surface area contributed by atoms with Crippen molar-refractivity contribution in [1.82, 2.24) is 4.98 Å². The molecule has 0 aliphatic heterocycles. The van der Waals surface area contributed by atoms with E-state index in [1.807, 2.05) is 30.3 Å². The van der Waals surface area contributed by atoms with E-state index in [1.54, 1.807) is 74.9 Å². The minimum absolute atomic E-state index is 0.185. The van der Waals surface area contributed by atoms with Gasteiger partial charge in [0.1, 0.15) is 11.5 Å². The van der Waals surface area contributed by atoms with Crippen molar-refractivity contribution in [2.24, 2.45) is 0 Å². The number of rotatable bonds is 5. The average molecular weight is 515 g/mol. The molecule has 39 heavy (non-hydrogen) atoms. The van der Waals surface area contributed by atoms with Crippen LogP contribution < -0.4 is 14.8 Å². The molecule has 0 bridgehead atoms. The average Bonchev–Trinajstić information content (AvgIpc) is 2.98. The van der Waals surface area contributed by atoms with E-state index in [0.29, 0.717) is 50.3 Å². The molecule has 0 saturated heterocycles. The molecule has 1 amide bonds. The Labute approximate surface area is 224 Å². The quantitative estimate of drug-likeness (QED) is 0.306. The number of nitrogens with zero attached hydrogens (tertiary/aromatic N) is 1. The van der Waals surface area contributed by atoms with Crippen molar-refractivity contribution in [2.45, 2.75) is 0 Å². The number of ether oxygens (including phenoxy) is 2. The number of nitrogens with one attached hydrogen (secondary N) is 1. The lowest BCUT2D eigenvalue weighted by atomic mass is 9.83. The third kappa shape index (κ3) is 4.01. The van der Waals surface area contributed by atoms with Gasteiger partial charge in [-0.25, -0.2) is 4.98 Å². The van der Waals surface area contributed by atoms with Gasteiger partial charge in [0, 0.05) is 33.7 Å². The molecular formula is C32H22N2O5. The van der Waals surface area contributed by atoms with Gasteiger partial charge in [0.25, 0.3) is 5.91 Å². The summed E-state index contributed by atoms with van der Waals surface area (Å²) in [5.74, 6) is 0.182. The first-order chi connectivity index (χ1) is 19.0. The molecule has 0 saturated carbocycles. The molecule has 7 nitrogen and oxygen atoms in total. The highest BCUT2D eigenvalue weighted by Gasteiger charge is 2.32. The van der Waals surface area contributed by atoms with Crippen LogP contribution in [0, 0.1) is 0 Å². The van der Waals surface area contributed by atoms with Gasteiger partial charge in [-0.2, -0.15) is 0 Å². The molecular weight excluding hydrogens is 492 g/mol. The van der Waals surface area contributed by atoms with Crippen molar-refractivity contribution in [1.29, 1.82) is 0 Å². The lowest BCUT2D eigenvalue weighted by molar-refractivity contribution is 0.0978. The monoisotopic (exact) mass is 514 g/mol. The number of aromatic nitrogens is 1. The van der Waals surface area contributed by atoms with E-state index in [1.165, 1.54) is 0 Å². The smallest absolute Gasteiger partial charge is 0.256 e. The van der Waals surface area contributed by atoms with Gasteiger partial charge in [-0.05, 0) is 30.3 Å². The summed E-state index contributed by atoms with van der Waals surface area (Å²) in [5, 5.41) is 3.54. The Morgan fingerprint density at radius 1 is 0.718 bits per heavy atom. The third-order valence-electron chi connectivity index (χ3n) is 6.85. The molecule has 0 unspecified atom stereocenters. The number of methoxy groups -OCH3 is 2. The van der Waals surface area contributed by atoms with Gasteiger partial charge >= 0.3 is 0 Å². The summed E-state index contributed by atoms with van der Waals surface area (Å²) in [6, 6.07) is 26.0. The molecule has 0 radical (unpaired) electrons. The first-order valence-electron chi connectivity index (χ1n) is 12.2. The predicted octanol–water partition coefficient (Wildman–Crippen LogP) is 5.95. The maximum absolute atomic E-state index is 13.8. The minimum Gasteiger partial charge on any atom is -0.497 e. The van der Waals surface area contributed by atoms with Crippen LogP contribution in [0.1, 0.15) is 42.2 Å². The molecule has 1 aliphatic carbocycles. The minimum atomic E-state index is -0.435. The Hall–Kier alpha value is -5.30. The highest BCUT2D eigenvalue weighted by atomic mass is 16.5. The second-order valence-corrected chi connectivity index (χ2v) is 9.02. The molecule has 6 rings (SSSR count). The number of hydrogen-bond donors (Lipinski definition) is 1. The van der Waals surface area contributed by atoms with Crippen molar-refractivity contribution < 1.29 is 23.9 Å². The van der Waals surface area contributed by atoms with Gasteiger partial charge in [0.15, 0.2) is 11.6 Å². The molecule has 1 aromatic heterocycles. The third-order valence-corrected chi connectivity index (χ3v) is 6.85. The lowest BCUT2D eigenvalue weighted by Crippen LogP contribution is -2.24. The van der Waals surface area contributed by atoms with E-state index < -0.39 is 5.91 Å². The maximum Gasteiger partial charge on any atom is 0.256 e. The fourth-order valence-electron chi connectivity index (χ4n) is 4.95. The van der Waals surface area contributed by atoms with E-state index in [2.05, 4.69) is 5.32 Å². The highest BCUT2D eigenvalue weighted by molar-refractivity contribution is 6.31. The number of pyridine rings is 1. The zero-order chi connectivity index (χ0) is 27.1. The zero-order valence-corrected chi connectivity index (χ0v) is 21.1. The molecule has 7 heteroatoms. The van der Waals surface area contributed by atoms with E-state index >= 15 is 0 Å². The molecule has 5 aromatic rings. The van der Waals surface area contributed by atoms with Crippen molar-refractivity contribution >= 4 is 34.1 Å². The topological polar surface area (TPSA) is 94.6 Å². The van der Waals surface area contributed by atoms with E-state index in [4.69, 9.17) is 14.5 Å². The molecule has 1 N–H and O–H groups in total. The van der Waals surface area contributed by atoms with Crippen molar-refractivity contribution in [3.05, 3.63) is 119 Å². The highest BCUT2D eigenvalue weighted by Crippen LogP contribution is 2.36. The maximum atomic E-state index is 13.8. The van der Waals surface area contributed by atoms with Gasteiger partial charge in [0.05, 0.1) is 42.2 Å². The summed E-state index contributed by atoms with van der Waals surface area (Å²) in [7, 11) is 3.13. The van der Waals surface area contributed by atoms with Crippen LogP contribution in [0.3, 0.4) is 0 Å². The summed E-state index contributed by atoms with van der Waals surface area (Å²) < 4.78 is 10.9. The van der Waals surface area contributed by atoms with Crippen LogP contribution in [0.5, 0.6) is 11.5 Å². The van der Waals surface area contributed by atoms with Crippen LogP contribution in [0.15, 0.2) is 91.0 Å². The normalized spacial score (nSPS) is 12.1. The van der Waals surface area contributed by atoms with Crippen LogP contribution in [-0.2, 0) is 0 Å². The van der Waals surface area contributed by atoms with Gasteiger partial charge in [-0.15, -0.1) is 0 Å². The first kappa shape index (κ1) is 24.1. The van der Waals surface area contributed by atoms with Crippen molar-refractivity contribution in [2.75, 3.05) is 19.5 Å². The van der Waals surface area contributed by atoms with Gasteiger partial charge in [-0.1, -0.05) is 54.6 Å². The van der Waals surface area contributed by atoms with Crippen LogP contribution in [0.2, 0.25) is 0 Å². The Kier molecular flexibility index (Phi) is 5.88. The Balaban J connectivity index is 1.45. The summed E-state index contributed by atoms with van der Waals surface area (Å²) in [5.41, 5.74) is 3.60. The second-order valence-electron chi connectivity index (χ2n) is 9.02. The SMILES string of the molecule is COc1ccc(-c2cc(C(=O)Nc3cccc4c3C(=O)c3ccccc3C4=O)c3ccccc3n2)c(OC)c1. The molecule has 1 aliphatic rings. The van der Waals surface area contributed by atoms with Crippen molar-refractivity contribution in [3.63, 3.8) is 0 Å². The fourth-order valence-corrected chi connectivity index (χ4v) is 4.95. The fraction of sp³-hybridized carbons (Fsp3) is 0.0625. The molecule has 1 heterocycles. The van der Waals surface area contributed by atoms with Gasteiger partial charge in [0.2, 0.25) is 0 Å². The molecule has 4 aromatic carbocycles. The number of ketones is 2. The number of amides is 1. The largest absolute Gasteiger partial charge is 0.497 e. The van der Waals surface area contributed by atoms with E-state index in [0.717, 1.165) is 0 Å². The summed E-state index contributed by atoms with van der Waals surface area (Å²) >= 11 is 0. The van der Waals surface area contributed by atoms with Crippen molar-refractivity contribution in [3.8, 4) is 22.8 Å². The number of carbonyl (C=O) groups excluding carboxylic acids is 3. The first-order valence-corrected chi connectivity index (χ1v) is 12.2. The number of para-hydroxylation sites is 1. The molecule has 0 fully saturated rings. The number of anilines is 1. The lowest BCUT2D eigenvalue weighted by Gasteiger charge is -2.20. The molecule has 0 spiro atoms. The number of benzene rings is 4. The van der Waals surface area contributed by atoms with Gasteiger partial charge in [-0.3, -0.25) is 14.4 Å². The Morgan fingerprint density at radius 2 is 1.44 bits per heavy atom. The van der Waals surface area contributed by atoms with E-state index in [-0.39, 0.29) is 28.4 Å². The standard InChI is InChI=1S/C32H22N2O5/c1-38-18-14-15-22(28(16-18)39-2)27-17-24(19-8-5-6-12-25(19)33-27)32(37)34-26-13-7-11-23-29(26)31(36)21-10-4-3-9-20(21)30(23)35/h3-17H,1-2H3,(H,34,37). The number of carbonyl (C=O) groups is 3. The molecule has 190 valence electrons. The van der Waals surface area contributed by atoms with Crippen LogP contribution in [0.4, 0.5) is 5.69 Å². The van der Waals surface area contributed by atoms with Crippen LogP contribution >= 0.6 is 0 Å².